The number of aryl methyl sites for hydroxylation is 1. The summed E-state index contributed by atoms with van der Waals surface area (Å²) < 4.78 is 19.4. The van der Waals surface area contributed by atoms with E-state index >= 15 is 0 Å². The quantitative estimate of drug-likeness (QED) is 0.109. The fourth-order valence-corrected chi connectivity index (χ4v) is 9.87. The number of aromatic nitrogens is 2. The van der Waals surface area contributed by atoms with Crippen molar-refractivity contribution in [1.82, 2.24) is 14.9 Å². The molecule has 0 radical (unpaired) electrons. The fourth-order valence-electron chi connectivity index (χ4n) is 9.87. The van der Waals surface area contributed by atoms with Gasteiger partial charge in [0.15, 0.2) is 0 Å². The zero-order chi connectivity index (χ0) is 44.9. The standard InChI is InChI=1S/C49H60N6O8/c1-9-11-12-13-16-61-29(8)44-27(6)35-18-34-26(5)31(14-15-43(58)62-23-41-39(56)21-42(63-41)55-22-24(3)48(59)54-49(55)60)46(52-34)32-17-40(57)45-28(7)36(53-47(32)45)19-37-30(10-2)25(4)33(50-37)20-38(44)51-35/h18-20,22,26,29,31,39,41-42,52,56-57H,9-17,21,23H2,1-8H3,(H,54,59,60). The number of hydrogen-bond donors (Lipinski definition) is 4. The van der Waals surface area contributed by atoms with E-state index in [4.69, 9.17) is 29.2 Å². The highest BCUT2D eigenvalue weighted by Crippen LogP contribution is 2.47. The number of carbonyl (C=O) groups is 1. The lowest BCUT2D eigenvalue weighted by atomic mass is 9.86. The van der Waals surface area contributed by atoms with Crippen LogP contribution in [0, 0.1) is 18.8 Å². The summed E-state index contributed by atoms with van der Waals surface area (Å²) in [5.74, 6) is -0.426. The Labute approximate surface area is 368 Å². The number of esters is 1. The van der Waals surface area contributed by atoms with Gasteiger partial charge in [0.2, 0.25) is 0 Å². The molecule has 0 amide bonds. The lowest BCUT2D eigenvalue weighted by Gasteiger charge is -2.19. The number of carbonyl (C=O) groups excluding carboxylic acids is 1. The van der Waals surface area contributed by atoms with Gasteiger partial charge in [0, 0.05) is 77.6 Å². The summed E-state index contributed by atoms with van der Waals surface area (Å²) in [7, 11) is 0. The van der Waals surface area contributed by atoms with Gasteiger partial charge in [-0.1, -0.05) is 40.0 Å². The normalized spacial score (nSPS) is 25.8. The highest BCUT2D eigenvalue weighted by atomic mass is 16.6. The number of allylic oxidation sites excluding steroid dienone is 11. The molecule has 4 N–H and O–H groups in total. The molecule has 1 aromatic heterocycles. The number of aliphatic hydroxyl groups excluding tert-OH is 2. The smallest absolute Gasteiger partial charge is 0.330 e. The van der Waals surface area contributed by atoms with Gasteiger partial charge in [-0.15, -0.1) is 0 Å². The van der Waals surface area contributed by atoms with E-state index < -0.39 is 35.7 Å². The third-order valence-electron chi connectivity index (χ3n) is 13.6. The second-order valence-electron chi connectivity index (χ2n) is 17.7. The van der Waals surface area contributed by atoms with E-state index in [2.05, 4.69) is 64.0 Å². The molecule has 2 saturated heterocycles. The van der Waals surface area contributed by atoms with Crippen LogP contribution in [-0.2, 0) is 19.0 Å². The highest BCUT2D eigenvalue weighted by molar-refractivity contribution is 6.21. The Kier molecular flexibility index (Phi) is 12.6. The van der Waals surface area contributed by atoms with Crippen LogP contribution in [0.4, 0.5) is 0 Å². The van der Waals surface area contributed by atoms with E-state index in [0.717, 1.165) is 110 Å². The van der Waals surface area contributed by atoms with Gasteiger partial charge in [-0.3, -0.25) is 19.1 Å². The molecule has 6 aliphatic heterocycles. The van der Waals surface area contributed by atoms with Gasteiger partial charge in [-0.25, -0.2) is 19.8 Å². The number of nitrogens with one attached hydrogen (secondary N) is 2. The highest BCUT2D eigenvalue weighted by Gasteiger charge is 2.42. The van der Waals surface area contributed by atoms with Crippen LogP contribution in [0.5, 0.6) is 0 Å². The van der Waals surface area contributed by atoms with E-state index in [9.17, 15) is 24.6 Å². The maximum Gasteiger partial charge on any atom is 0.330 e. The van der Waals surface area contributed by atoms with Crippen LogP contribution in [0.15, 0.2) is 122 Å². The number of nitrogens with zero attached hydrogens (tertiary/aromatic N) is 4. The topological polar surface area (TPSA) is 189 Å². The number of hydrogen-bond acceptors (Lipinski definition) is 12. The molecule has 7 heterocycles. The van der Waals surface area contributed by atoms with Crippen molar-refractivity contribution in [1.29, 1.82) is 0 Å². The Hall–Kier alpha value is -5.44. The Morgan fingerprint density at radius 3 is 2.52 bits per heavy atom. The first kappa shape index (κ1) is 44.2. The van der Waals surface area contributed by atoms with E-state index in [1.165, 1.54) is 17.2 Å². The van der Waals surface area contributed by atoms with Crippen LogP contribution >= 0.6 is 0 Å². The van der Waals surface area contributed by atoms with Crippen molar-refractivity contribution in [3.05, 3.63) is 124 Å². The Balaban J connectivity index is 1.09. The van der Waals surface area contributed by atoms with E-state index in [-0.39, 0.29) is 43.1 Å². The summed E-state index contributed by atoms with van der Waals surface area (Å²) in [4.78, 5) is 55.7. The molecule has 1 aromatic rings. The maximum absolute atomic E-state index is 13.5. The minimum atomic E-state index is -0.987. The molecule has 0 spiro atoms. The molecule has 1 aliphatic carbocycles. The van der Waals surface area contributed by atoms with E-state index in [1.807, 2.05) is 13.0 Å². The second kappa shape index (κ2) is 18.0. The third kappa shape index (κ3) is 8.40. The number of aromatic amines is 1. The van der Waals surface area contributed by atoms with Gasteiger partial charge < -0.3 is 29.7 Å². The van der Waals surface area contributed by atoms with Gasteiger partial charge in [0.1, 0.15) is 24.7 Å². The third-order valence-corrected chi connectivity index (χ3v) is 13.6. The molecule has 8 bridgehead atoms. The Morgan fingerprint density at radius 1 is 1.00 bits per heavy atom. The zero-order valence-corrected chi connectivity index (χ0v) is 37.7. The summed E-state index contributed by atoms with van der Waals surface area (Å²) in [6.07, 6.45) is 11.0. The first-order valence-electron chi connectivity index (χ1n) is 22.6. The number of fused-ring (bicyclic) bond motifs is 5. The predicted molar refractivity (Wildman–Crippen MR) is 242 cm³/mol. The predicted octanol–water partition coefficient (Wildman–Crippen LogP) is 7.47. The molecule has 0 aromatic carbocycles. The Bertz CT molecular complexity index is 2600. The molecular formula is C49H60N6O8. The number of rotatable bonds is 14. The summed E-state index contributed by atoms with van der Waals surface area (Å²) in [5.41, 5.74) is 12.8. The second-order valence-corrected chi connectivity index (χ2v) is 17.7. The van der Waals surface area contributed by atoms with Gasteiger partial charge in [-0.05, 0) is 94.4 Å². The van der Waals surface area contributed by atoms with E-state index in [1.54, 1.807) is 6.92 Å². The van der Waals surface area contributed by atoms with Crippen LogP contribution in [0.1, 0.15) is 118 Å². The molecule has 8 rings (SSSR count). The monoisotopic (exact) mass is 860 g/mol. The van der Waals surface area contributed by atoms with Crippen LogP contribution in [0.3, 0.4) is 0 Å². The minimum absolute atomic E-state index is 0.0726. The van der Waals surface area contributed by atoms with Gasteiger partial charge >= 0.3 is 11.7 Å². The van der Waals surface area contributed by atoms with Crippen molar-refractivity contribution < 1.29 is 29.2 Å². The molecule has 6 unspecified atom stereocenters. The molecule has 63 heavy (non-hydrogen) atoms. The average Bonchev–Trinajstić information content (AvgIpc) is 4.07. The average molecular weight is 861 g/mol. The van der Waals surface area contributed by atoms with E-state index in [0.29, 0.717) is 25.0 Å². The van der Waals surface area contributed by atoms with Crippen molar-refractivity contribution >= 4 is 23.1 Å². The Morgan fingerprint density at radius 2 is 1.76 bits per heavy atom. The van der Waals surface area contributed by atoms with Crippen LogP contribution < -0.4 is 16.6 Å². The largest absolute Gasteiger partial charge is 0.511 e. The van der Waals surface area contributed by atoms with Crippen molar-refractivity contribution in [2.75, 3.05) is 13.2 Å². The molecule has 334 valence electrons. The van der Waals surface area contributed by atoms with Gasteiger partial charge in [0.25, 0.3) is 5.56 Å². The number of unbranched alkanes of at least 4 members (excludes halogenated alkanes) is 3. The summed E-state index contributed by atoms with van der Waals surface area (Å²) in [6.45, 7) is 16.8. The number of aliphatic hydroxyl groups is 2. The summed E-state index contributed by atoms with van der Waals surface area (Å²) >= 11 is 0. The molecule has 2 fully saturated rings. The van der Waals surface area contributed by atoms with Crippen molar-refractivity contribution in [2.45, 2.75) is 138 Å². The lowest BCUT2D eigenvalue weighted by Crippen LogP contribution is -2.33. The fraction of sp³-hybridized carbons (Fsp3) is 0.510. The maximum atomic E-state index is 13.5. The molecule has 6 atom stereocenters. The van der Waals surface area contributed by atoms with Crippen molar-refractivity contribution in [2.24, 2.45) is 26.8 Å². The summed E-state index contributed by atoms with van der Waals surface area (Å²) in [5, 5.41) is 26.1. The van der Waals surface area contributed by atoms with Crippen LogP contribution in [0.25, 0.3) is 0 Å². The molecule has 7 aliphatic rings. The first-order chi connectivity index (χ1) is 30.2. The zero-order valence-electron chi connectivity index (χ0n) is 37.7. The molecule has 0 saturated carbocycles. The number of H-pyrrole nitrogens is 1. The van der Waals surface area contributed by atoms with Crippen molar-refractivity contribution in [3.8, 4) is 0 Å². The van der Waals surface area contributed by atoms with Crippen LogP contribution in [-0.4, -0.2) is 74.4 Å². The number of ether oxygens (including phenoxy) is 3. The van der Waals surface area contributed by atoms with Gasteiger partial charge in [-0.2, -0.15) is 0 Å². The minimum Gasteiger partial charge on any atom is -0.511 e. The van der Waals surface area contributed by atoms with Crippen molar-refractivity contribution in [3.63, 3.8) is 0 Å². The van der Waals surface area contributed by atoms with Gasteiger partial charge in [0.05, 0.1) is 46.4 Å². The summed E-state index contributed by atoms with van der Waals surface area (Å²) in [6, 6.07) is 0. The SMILES string of the molecule is CCCCCCOC(C)C1=C(C)C2=NC1=CC1=NC(=CC3=C(C)C4=C(O)CC(=C5NC(=C2)C(C)C5CCC(=O)OCC2OC(n5cc(C)c(=O)[nH]c5=O)CC2O)C4=N3)C(CC)=C1C. The number of aliphatic imine (C=N–C) groups is 3. The molecule has 14 heteroatoms. The first-order valence-corrected chi connectivity index (χ1v) is 22.6. The van der Waals surface area contributed by atoms with Crippen LogP contribution in [0.2, 0.25) is 0 Å². The molecule has 14 nitrogen and oxygen atoms in total. The molecular weight excluding hydrogens is 801 g/mol. The lowest BCUT2D eigenvalue weighted by molar-refractivity contribution is -0.150.